The summed E-state index contributed by atoms with van der Waals surface area (Å²) in [6.07, 6.45) is 1.22. The summed E-state index contributed by atoms with van der Waals surface area (Å²) in [6, 6.07) is 15.5. The average molecular weight is 306 g/mol. The minimum absolute atomic E-state index is 0.259. The molecule has 2 nitrogen and oxygen atoms in total. The lowest BCUT2D eigenvalue weighted by Crippen LogP contribution is -2.21. The Labute approximate surface area is 116 Å². The Morgan fingerprint density at radius 3 is 2.67 bits per heavy atom. The van der Waals surface area contributed by atoms with Gasteiger partial charge in [-0.1, -0.05) is 30.3 Å². The first-order chi connectivity index (χ1) is 8.74. The molecule has 2 aromatic rings. The minimum Gasteiger partial charge on any atom is -0.453 e. The molecule has 0 spiro atoms. The second-order valence-electron chi connectivity index (χ2n) is 4.89. The maximum Gasteiger partial charge on any atom is 0.169 e. The molecule has 1 aliphatic rings. The van der Waals surface area contributed by atoms with Crippen molar-refractivity contribution in [2.75, 3.05) is 0 Å². The van der Waals surface area contributed by atoms with E-state index >= 15 is 0 Å². The monoisotopic (exact) mass is 305 g/mol. The second kappa shape index (κ2) is 4.90. The van der Waals surface area contributed by atoms with Crippen molar-refractivity contribution in [1.82, 2.24) is 5.32 Å². The van der Waals surface area contributed by atoms with Crippen molar-refractivity contribution in [3.8, 4) is 0 Å². The van der Waals surface area contributed by atoms with E-state index in [0.717, 1.165) is 10.4 Å². The molecule has 0 saturated heterocycles. The van der Waals surface area contributed by atoms with E-state index in [1.54, 1.807) is 0 Å². The molecule has 3 heteroatoms. The summed E-state index contributed by atoms with van der Waals surface area (Å²) in [5, 5.41) is 3.62. The average Bonchev–Trinajstić information content (AvgIpc) is 3.01. The lowest BCUT2D eigenvalue weighted by atomic mass is 10.1. The fourth-order valence-corrected chi connectivity index (χ4v) is 2.73. The highest BCUT2D eigenvalue weighted by Crippen LogP contribution is 2.42. The lowest BCUT2D eigenvalue weighted by molar-refractivity contribution is 0.415. The van der Waals surface area contributed by atoms with Crippen molar-refractivity contribution >= 4 is 15.9 Å². The predicted octanol–water partition coefficient (Wildman–Crippen LogP) is 4.25. The SMILES string of the molecule is CC(NC1CC1c1ccccc1)c1ccc(Br)o1. The van der Waals surface area contributed by atoms with E-state index in [-0.39, 0.29) is 6.04 Å². The molecule has 3 unspecified atom stereocenters. The standard InChI is InChI=1S/C15H16BrNO/c1-10(14-7-8-15(16)18-14)17-13-9-12(13)11-5-3-2-4-6-11/h2-8,10,12-13,17H,9H2,1H3. The molecule has 18 heavy (non-hydrogen) atoms. The highest BCUT2D eigenvalue weighted by molar-refractivity contribution is 9.10. The Morgan fingerprint density at radius 2 is 2.00 bits per heavy atom. The molecule has 3 rings (SSSR count). The third-order valence-corrected chi connectivity index (χ3v) is 3.93. The van der Waals surface area contributed by atoms with Gasteiger partial charge in [-0.05, 0) is 47.0 Å². The van der Waals surface area contributed by atoms with Gasteiger partial charge in [0.25, 0.3) is 0 Å². The zero-order valence-electron chi connectivity index (χ0n) is 10.3. The van der Waals surface area contributed by atoms with Crippen LogP contribution in [0.5, 0.6) is 0 Å². The van der Waals surface area contributed by atoms with Crippen molar-refractivity contribution in [2.45, 2.75) is 31.3 Å². The molecule has 1 aliphatic carbocycles. The third kappa shape index (κ3) is 2.52. The van der Waals surface area contributed by atoms with Crippen LogP contribution in [-0.2, 0) is 0 Å². The Hall–Kier alpha value is -1.06. The molecule has 94 valence electrons. The van der Waals surface area contributed by atoms with Crippen LogP contribution in [0.2, 0.25) is 0 Å². The number of nitrogens with one attached hydrogen (secondary N) is 1. The van der Waals surface area contributed by atoms with Crippen LogP contribution >= 0.6 is 15.9 Å². The van der Waals surface area contributed by atoms with Gasteiger partial charge in [-0.15, -0.1) is 0 Å². The Balaban J connectivity index is 1.60. The van der Waals surface area contributed by atoms with Gasteiger partial charge in [0.15, 0.2) is 4.67 Å². The number of furan rings is 1. The van der Waals surface area contributed by atoms with Gasteiger partial charge in [0, 0.05) is 12.0 Å². The first-order valence-electron chi connectivity index (χ1n) is 6.30. The van der Waals surface area contributed by atoms with Gasteiger partial charge in [-0.3, -0.25) is 0 Å². The summed E-state index contributed by atoms with van der Waals surface area (Å²) >= 11 is 3.34. The topological polar surface area (TPSA) is 25.2 Å². The number of benzene rings is 1. The first kappa shape index (κ1) is 12.0. The van der Waals surface area contributed by atoms with Gasteiger partial charge in [0.05, 0.1) is 6.04 Å². The van der Waals surface area contributed by atoms with Gasteiger partial charge < -0.3 is 9.73 Å². The molecule has 1 saturated carbocycles. The number of hydrogen-bond donors (Lipinski definition) is 1. The van der Waals surface area contributed by atoms with Crippen LogP contribution in [0.3, 0.4) is 0 Å². The molecule has 0 amide bonds. The Morgan fingerprint density at radius 1 is 1.22 bits per heavy atom. The van der Waals surface area contributed by atoms with Crippen molar-refractivity contribution in [3.63, 3.8) is 0 Å². The molecule has 3 atom stereocenters. The van der Waals surface area contributed by atoms with E-state index in [9.17, 15) is 0 Å². The highest BCUT2D eigenvalue weighted by atomic mass is 79.9. The molecular formula is C15H16BrNO. The molecule has 0 bridgehead atoms. The maximum atomic E-state index is 5.57. The molecule has 1 heterocycles. The van der Waals surface area contributed by atoms with Crippen LogP contribution in [-0.4, -0.2) is 6.04 Å². The van der Waals surface area contributed by atoms with Crippen molar-refractivity contribution in [2.24, 2.45) is 0 Å². The summed E-state index contributed by atoms with van der Waals surface area (Å²) in [4.78, 5) is 0. The molecule has 1 aromatic heterocycles. The van der Waals surface area contributed by atoms with Gasteiger partial charge in [-0.25, -0.2) is 0 Å². The van der Waals surface area contributed by atoms with Crippen LogP contribution in [0, 0.1) is 0 Å². The summed E-state index contributed by atoms with van der Waals surface area (Å²) in [5.74, 6) is 1.65. The van der Waals surface area contributed by atoms with E-state index in [0.29, 0.717) is 12.0 Å². The molecule has 1 N–H and O–H groups in total. The fraction of sp³-hybridized carbons (Fsp3) is 0.333. The van der Waals surface area contributed by atoms with Crippen LogP contribution in [0.25, 0.3) is 0 Å². The quantitative estimate of drug-likeness (QED) is 0.913. The van der Waals surface area contributed by atoms with Gasteiger partial charge in [0.1, 0.15) is 5.76 Å². The Bertz CT molecular complexity index is 522. The number of rotatable bonds is 4. The zero-order valence-corrected chi connectivity index (χ0v) is 11.9. The molecule has 0 aliphatic heterocycles. The van der Waals surface area contributed by atoms with Crippen LogP contribution in [0.1, 0.15) is 36.6 Å². The summed E-state index contributed by atoms with van der Waals surface area (Å²) in [5.41, 5.74) is 1.43. The second-order valence-corrected chi connectivity index (χ2v) is 5.67. The van der Waals surface area contributed by atoms with Crippen LogP contribution in [0.15, 0.2) is 51.6 Å². The highest BCUT2D eigenvalue weighted by Gasteiger charge is 2.39. The van der Waals surface area contributed by atoms with Gasteiger partial charge in [0.2, 0.25) is 0 Å². The normalized spacial score (nSPS) is 23.9. The van der Waals surface area contributed by atoms with Crippen LogP contribution in [0.4, 0.5) is 0 Å². The predicted molar refractivity (Wildman–Crippen MR) is 75.5 cm³/mol. The first-order valence-corrected chi connectivity index (χ1v) is 7.09. The summed E-state index contributed by atoms with van der Waals surface area (Å²) in [7, 11) is 0. The molecule has 1 fully saturated rings. The van der Waals surface area contributed by atoms with E-state index in [4.69, 9.17) is 4.42 Å². The van der Waals surface area contributed by atoms with E-state index in [1.807, 2.05) is 12.1 Å². The molecular weight excluding hydrogens is 290 g/mol. The van der Waals surface area contributed by atoms with E-state index < -0.39 is 0 Å². The van der Waals surface area contributed by atoms with Crippen molar-refractivity contribution in [1.29, 1.82) is 0 Å². The van der Waals surface area contributed by atoms with E-state index in [2.05, 4.69) is 58.5 Å². The molecule has 0 radical (unpaired) electrons. The molecule has 1 aromatic carbocycles. The lowest BCUT2D eigenvalue weighted by Gasteiger charge is -2.11. The number of halogens is 1. The van der Waals surface area contributed by atoms with Crippen LogP contribution < -0.4 is 5.32 Å². The fourth-order valence-electron chi connectivity index (χ4n) is 2.41. The Kier molecular flexibility index (Phi) is 3.27. The summed E-state index contributed by atoms with van der Waals surface area (Å²) in [6.45, 7) is 2.14. The van der Waals surface area contributed by atoms with E-state index in [1.165, 1.54) is 12.0 Å². The third-order valence-electron chi connectivity index (χ3n) is 3.50. The maximum absolute atomic E-state index is 5.57. The smallest absolute Gasteiger partial charge is 0.169 e. The number of hydrogen-bond acceptors (Lipinski definition) is 2. The minimum atomic E-state index is 0.259. The zero-order chi connectivity index (χ0) is 12.5. The van der Waals surface area contributed by atoms with Crippen molar-refractivity contribution in [3.05, 3.63) is 58.5 Å². The largest absolute Gasteiger partial charge is 0.453 e. The van der Waals surface area contributed by atoms with Gasteiger partial charge >= 0.3 is 0 Å². The van der Waals surface area contributed by atoms with Crippen molar-refractivity contribution < 1.29 is 4.42 Å². The van der Waals surface area contributed by atoms with Gasteiger partial charge in [-0.2, -0.15) is 0 Å². The summed E-state index contributed by atoms with van der Waals surface area (Å²) < 4.78 is 6.36.